The van der Waals surface area contributed by atoms with Gasteiger partial charge < -0.3 is 5.11 Å². The number of hydrogen-bond acceptors (Lipinski definition) is 3. The summed E-state index contributed by atoms with van der Waals surface area (Å²) in [5.74, 6) is -1.92. The third kappa shape index (κ3) is 2.41. The minimum Gasteiger partial charge on any atom is -0.480 e. The second-order valence-electron chi connectivity index (χ2n) is 5.79. The van der Waals surface area contributed by atoms with Gasteiger partial charge in [-0.1, -0.05) is 18.0 Å². The molecule has 120 valence electrons. The van der Waals surface area contributed by atoms with Crippen LogP contribution in [0, 0.1) is 17.7 Å². The third-order valence-corrected chi connectivity index (χ3v) is 6.73. The molecule has 5 nitrogen and oxygen atoms in total. The molecule has 22 heavy (non-hydrogen) atoms. The Labute approximate surface area is 132 Å². The minimum absolute atomic E-state index is 0.0757. The fraction of sp³-hybridized carbons (Fsp3) is 0.500. The zero-order valence-corrected chi connectivity index (χ0v) is 13.1. The Morgan fingerprint density at radius 2 is 2.09 bits per heavy atom. The highest BCUT2D eigenvalue weighted by atomic mass is 35.5. The molecular formula is C14H15ClFNO4S. The summed E-state index contributed by atoms with van der Waals surface area (Å²) in [7, 11) is -4.01. The Balaban J connectivity index is 2.00. The number of hydrogen-bond donors (Lipinski definition) is 1. The van der Waals surface area contributed by atoms with Gasteiger partial charge in [-0.3, -0.25) is 4.79 Å². The van der Waals surface area contributed by atoms with Gasteiger partial charge in [-0.15, -0.1) is 0 Å². The summed E-state index contributed by atoms with van der Waals surface area (Å²) >= 11 is 5.65. The second kappa shape index (κ2) is 5.47. The monoisotopic (exact) mass is 347 g/mol. The van der Waals surface area contributed by atoms with Crippen molar-refractivity contribution in [1.82, 2.24) is 4.31 Å². The maximum atomic E-state index is 13.2. The lowest BCUT2D eigenvalue weighted by Gasteiger charge is -2.23. The molecule has 3 rings (SSSR count). The van der Waals surface area contributed by atoms with Crippen molar-refractivity contribution in [3.63, 3.8) is 0 Å². The van der Waals surface area contributed by atoms with Crippen LogP contribution in [0.5, 0.6) is 0 Å². The molecule has 1 aromatic carbocycles. The van der Waals surface area contributed by atoms with Gasteiger partial charge in [0.15, 0.2) is 0 Å². The van der Waals surface area contributed by atoms with Crippen LogP contribution in [-0.4, -0.2) is 36.4 Å². The molecule has 1 N–H and O–H groups in total. The molecule has 1 aromatic rings. The van der Waals surface area contributed by atoms with Crippen molar-refractivity contribution in [3.8, 4) is 0 Å². The minimum atomic E-state index is -4.01. The summed E-state index contributed by atoms with van der Waals surface area (Å²) in [6.45, 7) is 0.193. The lowest BCUT2D eigenvalue weighted by atomic mass is 9.94. The molecule has 1 saturated carbocycles. The fourth-order valence-corrected chi connectivity index (χ4v) is 5.55. The lowest BCUT2D eigenvalue weighted by molar-refractivity contribution is -0.142. The summed E-state index contributed by atoms with van der Waals surface area (Å²) in [5.41, 5.74) is 0. The molecule has 1 saturated heterocycles. The first-order valence-corrected chi connectivity index (χ1v) is 8.84. The van der Waals surface area contributed by atoms with Crippen molar-refractivity contribution < 1.29 is 22.7 Å². The van der Waals surface area contributed by atoms with Gasteiger partial charge in [0, 0.05) is 6.54 Å². The van der Waals surface area contributed by atoms with Gasteiger partial charge >= 0.3 is 5.97 Å². The zero-order valence-electron chi connectivity index (χ0n) is 11.6. The van der Waals surface area contributed by atoms with Crippen molar-refractivity contribution in [2.45, 2.75) is 30.2 Å². The van der Waals surface area contributed by atoms with Gasteiger partial charge in [0.2, 0.25) is 10.0 Å². The first-order valence-electron chi connectivity index (χ1n) is 7.02. The predicted octanol–water partition coefficient (Wildman–Crippen LogP) is 2.35. The molecule has 3 unspecified atom stereocenters. The molecule has 2 fully saturated rings. The van der Waals surface area contributed by atoms with E-state index in [0.717, 1.165) is 41.8 Å². The highest BCUT2D eigenvalue weighted by molar-refractivity contribution is 7.89. The molecule has 1 aliphatic carbocycles. The Hall–Kier alpha value is -1.18. The van der Waals surface area contributed by atoms with Gasteiger partial charge in [-0.05, 0) is 42.9 Å². The van der Waals surface area contributed by atoms with Crippen molar-refractivity contribution >= 4 is 27.6 Å². The van der Waals surface area contributed by atoms with Crippen LogP contribution in [0.1, 0.15) is 19.3 Å². The molecular weight excluding hydrogens is 333 g/mol. The van der Waals surface area contributed by atoms with Crippen LogP contribution in [0.15, 0.2) is 23.1 Å². The van der Waals surface area contributed by atoms with Gasteiger partial charge in [-0.25, -0.2) is 12.8 Å². The zero-order chi connectivity index (χ0) is 16.1. The average molecular weight is 348 g/mol. The SMILES string of the molecule is O=C(O)C1C2CCCC2CN1S(=O)(=O)c1ccc(F)c(Cl)c1. The lowest BCUT2D eigenvalue weighted by Crippen LogP contribution is -2.43. The van der Waals surface area contributed by atoms with Gasteiger partial charge in [0.25, 0.3) is 0 Å². The number of fused-ring (bicyclic) bond motifs is 1. The quantitative estimate of drug-likeness (QED) is 0.910. The number of nitrogens with zero attached hydrogens (tertiary/aromatic N) is 1. The number of carboxylic acids is 1. The predicted molar refractivity (Wildman–Crippen MR) is 77.6 cm³/mol. The summed E-state index contributed by atoms with van der Waals surface area (Å²) in [6.07, 6.45) is 2.48. The highest BCUT2D eigenvalue weighted by Gasteiger charge is 2.52. The Morgan fingerprint density at radius 1 is 1.36 bits per heavy atom. The van der Waals surface area contributed by atoms with E-state index < -0.39 is 27.9 Å². The van der Waals surface area contributed by atoms with Crippen molar-refractivity contribution in [1.29, 1.82) is 0 Å². The summed E-state index contributed by atoms with van der Waals surface area (Å²) < 4.78 is 39.7. The van der Waals surface area contributed by atoms with E-state index in [2.05, 4.69) is 0 Å². The first-order chi connectivity index (χ1) is 10.3. The van der Waals surface area contributed by atoms with Gasteiger partial charge in [0.1, 0.15) is 11.9 Å². The number of benzene rings is 1. The van der Waals surface area contributed by atoms with E-state index in [-0.39, 0.29) is 28.3 Å². The van der Waals surface area contributed by atoms with Gasteiger partial charge in [-0.2, -0.15) is 4.31 Å². The van der Waals surface area contributed by atoms with E-state index >= 15 is 0 Å². The summed E-state index contributed by atoms with van der Waals surface area (Å²) in [5, 5.41) is 9.15. The number of aliphatic carboxylic acids is 1. The molecule has 0 amide bonds. The van der Waals surface area contributed by atoms with Crippen molar-refractivity contribution in [2.24, 2.45) is 11.8 Å². The van der Waals surface area contributed by atoms with Crippen molar-refractivity contribution in [3.05, 3.63) is 29.0 Å². The summed E-state index contributed by atoms with van der Waals surface area (Å²) in [4.78, 5) is 11.4. The number of halogens is 2. The van der Waals surface area contributed by atoms with Crippen LogP contribution in [0.2, 0.25) is 5.02 Å². The molecule has 3 atom stereocenters. The molecule has 0 spiro atoms. The number of sulfonamides is 1. The van der Waals surface area contributed by atoms with E-state index in [1.165, 1.54) is 0 Å². The van der Waals surface area contributed by atoms with Crippen LogP contribution in [-0.2, 0) is 14.8 Å². The number of rotatable bonds is 3. The average Bonchev–Trinajstić information content (AvgIpc) is 3.01. The molecule has 0 aromatic heterocycles. The third-order valence-electron chi connectivity index (χ3n) is 4.60. The first kappa shape index (κ1) is 15.7. The molecule has 8 heteroatoms. The van der Waals surface area contributed by atoms with Gasteiger partial charge in [0.05, 0.1) is 9.92 Å². The number of carbonyl (C=O) groups is 1. The fourth-order valence-electron chi connectivity index (χ4n) is 3.59. The normalized spacial score (nSPS) is 28.7. The Morgan fingerprint density at radius 3 is 2.73 bits per heavy atom. The van der Waals surface area contributed by atoms with E-state index in [4.69, 9.17) is 11.6 Å². The topological polar surface area (TPSA) is 74.7 Å². The second-order valence-corrected chi connectivity index (χ2v) is 8.09. The standard InChI is InChI=1S/C14H15ClFNO4S/c15-11-6-9(4-5-12(11)16)22(20,21)17-7-8-2-1-3-10(8)13(17)14(18)19/h4-6,8,10,13H,1-3,7H2,(H,18,19). The van der Waals surface area contributed by atoms with Crippen LogP contribution < -0.4 is 0 Å². The van der Waals surface area contributed by atoms with E-state index in [1.54, 1.807) is 0 Å². The number of carboxylic acid groups (broad SMARTS) is 1. The van der Waals surface area contributed by atoms with Crippen LogP contribution in [0.25, 0.3) is 0 Å². The Bertz CT molecular complexity index is 724. The molecule has 2 aliphatic rings. The molecule has 1 aliphatic heterocycles. The van der Waals surface area contributed by atoms with Crippen LogP contribution >= 0.6 is 11.6 Å². The van der Waals surface area contributed by atoms with E-state index in [1.807, 2.05) is 0 Å². The maximum Gasteiger partial charge on any atom is 0.322 e. The smallest absolute Gasteiger partial charge is 0.322 e. The summed E-state index contributed by atoms with van der Waals surface area (Å²) in [6, 6.07) is 2.06. The maximum absolute atomic E-state index is 13.2. The largest absolute Gasteiger partial charge is 0.480 e. The molecule has 0 bridgehead atoms. The molecule has 0 radical (unpaired) electrons. The Kier molecular flexibility index (Phi) is 3.91. The van der Waals surface area contributed by atoms with E-state index in [0.29, 0.717) is 0 Å². The highest BCUT2D eigenvalue weighted by Crippen LogP contribution is 2.44. The van der Waals surface area contributed by atoms with Crippen LogP contribution in [0.4, 0.5) is 4.39 Å². The van der Waals surface area contributed by atoms with Crippen LogP contribution in [0.3, 0.4) is 0 Å². The van der Waals surface area contributed by atoms with Crippen molar-refractivity contribution in [2.75, 3.05) is 6.54 Å². The molecule has 1 heterocycles. The van der Waals surface area contributed by atoms with E-state index in [9.17, 15) is 22.7 Å².